The van der Waals surface area contributed by atoms with Gasteiger partial charge in [0.2, 0.25) is 0 Å². The second kappa shape index (κ2) is 2.86. The van der Waals surface area contributed by atoms with Crippen molar-refractivity contribution in [2.75, 3.05) is 0 Å². The van der Waals surface area contributed by atoms with Crippen LogP contribution in [0.1, 0.15) is 0 Å². The van der Waals surface area contributed by atoms with Crippen LogP contribution in [0.25, 0.3) is 11.2 Å². The Balaban J connectivity index is 3.25. The van der Waals surface area contributed by atoms with E-state index in [2.05, 4.69) is 9.97 Å². The average Bonchev–Trinajstić information content (AvgIpc) is 2.58. The number of rotatable bonds is 0. The van der Waals surface area contributed by atoms with E-state index in [1.165, 1.54) is 6.19 Å². The highest BCUT2D eigenvalue weighted by atomic mass is 35.5. The van der Waals surface area contributed by atoms with Crippen molar-refractivity contribution in [2.24, 2.45) is 0 Å². The smallest absolute Gasteiger partial charge is 0.300 e. The van der Waals surface area contributed by atoms with Crippen LogP contribution in [-0.4, -0.2) is 18.6 Å². The van der Waals surface area contributed by atoms with Crippen LogP contribution < -0.4 is 16.9 Å². The number of nitrogens with zero attached hydrogens (tertiary/aromatic N) is 3. The van der Waals surface area contributed by atoms with E-state index in [9.17, 15) is 14.4 Å². The highest BCUT2D eigenvalue weighted by Gasteiger charge is 2.14. The van der Waals surface area contributed by atoms with Crippen molar-refractivity contribution >= 4 is 22.9 Å². The molecule has 0 aromatic carbocycles. The van der Waals surface area contributed by atoms with Crippen LogP contribution in [0.2, 0.25) is 0 Å². The first-order valence-corrected chi connectivity index (χ1v) is 3.96. The second-order valence-corrected chi connectivity index (χ2v) is 2.94. The summed E-state index contributed by atoms with van der Waals surface area (Å²) < 4.78 is 0.719. The first-order chi connectivity index (χ1) is 7.06. The minimum absolute atomic E-state index is 0.164. The Kier molecular flexibility index (Phi) is 1.77. The number of imidazole rings is 1. The molecule has 8 nitrogen and oxygen atoms in total. The number of nitrogens with one attached hydrogen (secondary N) is 2. The summed E-state index contributed by atoms with van der Waals surface area (Å²) in [6.45, 7) is 0. The van der Waals surface area contributed by atoms with Gasteiger partial charge in [-0.15, -0.1) is 0 Å². The summed E-state index contributed by atoms with van der Waals surface area (Å²) >= 11 is 5.50. The molecule has 15 heavy (non-hydrogen) atoms. The lowest BCUT2D eigenvalue weighted by Gasteiger charge is -1.96. The molecule has 2 rings (SSSR count). The zero-order valence-corrected chi connectivity index (χ0v) is 7.70. The highest BCUT2D eigenvalue weighted by Crippen LogP contribution is 1.98. The Morgan fingerprint density at radius 1 is 1.27 bits per heavy atom. The Morgan fingerprint density at radius 2 is 1.93 bits per heavy atom. The molecule has 0 aliphatic heterocycles. The monoisotopic (exact) mass is 227 g/mol. The molecule has 76 valence electrons. The van der Waals surface area contributed by atoms with Crippen molar-refractivity contribution in [3.63, 3.8) is 0 Å². The minimum atomic E-state index is -1.04. The molecule has 0 aliphatic rings. The minimum Gasteiger partial charge on any atom is -0.300 e. The maximum atomic E-state index is 11.4. The van der Waals surface area contributed by atoms with E-state index in [-0.39, 0.29) is 15.7 Å². The molecule has 2 heterocycles. The lowest BCUT2D eigenvalue weighted by Crippen LogP contribution is -2.35. The van der Waals surface area contributed by atoms with Gasteiger partial charge in [0.05, 0.1) is 0 Å². The third-order valence-corrected chi connectivity index (χ3v) is 2.09. The Morgan fingerprint density at radius 3 is 2.53 bits per heavy atom. The second-order valence-electron chi connectivity index (χ2n) is 2.61. The normalized spacial score (nSPS) is 10.4. The largest absolute Gasteiger partial charge is 0.361 e. The van der Waals surface area contributed by atoms with Gasteiger partial charge in [0.15, 0.2) is 17.4 Å². The zero-order valence-electron chi connectivity index (χ0n) is 6.94. The van der Waals surface area contributed by atoms with Crippen LogP contribution in [0.15, 0.2) is 14.4 Å². The summed E-state index contributed by atoms with van der Waals surface area (Å²) in [6.07, 6.45) is 1.36. The van der Waals surface area contributed by atoms with Gasteiger partial charge >= 0.3 is 11.4 Å². The van der Waals surface area contributed by atoms with Gasteiger partial charge in [-0.1, -0.05) is 0 Å². The number of nitriles is 1. The molecule has 2 N–H and O–H groups in total. The topological polar surface area (TPSA) is 116 Å². The molecule has 0 spiro atoms. The summed E-state index contributed by atoms with van der Waals surface area (Å²) in [5.41, 5.74) is -3.04. The third kappa shape index (κ3) is 1.10. The molecule has 0 saturated heterocycles. The van der Waals surface area contributed by atoms with E-state index in [1.54, 1.807) is 0 Å². The van der Waals surface area contributed by atoms with E-state index in [4.69, 9.17) is 17.0 Å². The summed E-state index contributed by atoms with van der Waals surface area (Å²) in [6, 6.07) is 0. The molecular formula is C6H2ClN5O3. The summed E-state index contributed by atoms with van der Waals surface area (Å²) in [7, 11) is 0. The summed E-state index contributed by atoms with van der Waals surface area (Å²) in [5, 5.41) is 8.53. The van der Waals surface area contributed by atoms with E-state index < -0.39 is 16.9 Å². The van der Waals surface area contributed by atoms with Gasteiger partial charge in [-0.2, -0.15) is 13.9 Å². The summed E-state index contributed by atoms with van der Waals surface area (Å²) in [5.74, 6) is 0. The zero-order chi connectivity index (χ0) is 11.2. The van der Waals surface area contributed by atoms with Crippen LogP contribution >= 0.6 is 11.8 Å². The number of halogens is 1. The predicted octanol–water partition coefficient (Wildman–Crippen LogP) is -1.49. The van der Waals surface area contributed by atoms with Crippen molar-refractivity contribution < 1.29 is 0 Å². The lowest BCUT2D eigenvalue weighted by atomic mass is 10.5. The molecule has 0 radical (unpaired) electrons. The van der Waals surface area contributed by atoms with Crippen LogP contribution in [0.4, 0.5) is 0 Å². The van der Waals surface area contributed by atoms with Crippen molar-refractivity contribution in [1.29, 1.82) is 5.26 Å². The maximum Gasteiger partial charge on any atom is 0.361 e. The number of fused-ring (bicyclic) bond motifs is 1. The predicted molar refractivity (Wildman–Crippen MR) is 49.7 cm³/mol. The Bertz CT molecular complexity index is 754. The lowest BCUT2D eigenvalue weighted by molar-refractivity contribution is 0.883. The number of hydrogen-bond donors (Lipinski definition) is 2. The van der Waals surface area contributed by atoms with Crippen molar-refractivity contribution in [1.82, 2.24) is 18.6 Å². The van der Waals surface area contributed by atoms with Gasteiger partial charge in [-0.05, 0) is 0 Å². The fraction of sp³-hybridized carbons (Fsp3) is 0. The number of aromatic nitrogens is 4. The SMILES string of the molecule is N#Cn1c(=O)c2[nH]c(=O)[nH]c2n(Cl)c1=O. The molecule has 0 atom stereocenters. The van der Waals surface area contributed by atoms with Crippen LogP contribution in [0, 0.1) is 11.5 Å². The van der Waals surface area contributed by atoms with E-state index in [0.717, 1.165) is 0 Å². The molecule has 0 bridgehead atoms. The third-order valence-electron chi connectivity index (χ3n) is 1.78. The first kappa shape index (κ1) is 9.29. The molecule has 0 saturated carbocycles. The number of hydrogen-bond acceptors (Lipinski definition) is 4. The molecular weight excluding hydrogens is 226 g/mol. The maximum absolute atomic E-state index is 11.4. The van der Waals surface area contributed by atoms with Gasteiger partial charge in [0.1, 0.15) is 0 Å². The first-order valence-electron chi connectivity index (χ1n) is 3.62. The number of H-pyrrole nitrogens is 2. The van der Waals surface area contributed by atoms with Crippen LogP contribution in [0.5, 0.6) is 0 Å². The molecule has 2 aromatic rings. The molecule has 2 aromatic heterocycles. The molecule has 0 fully saturated rings. The standard InChI is InChI=1S/C6H2ClN5O3/c7-12-3-2(9-5(14)10-3)4(13)11(1-8)6(12)15/h(H2,9,10,14). The average molecular weight is 228 g/mol. The fourth-order valence-corrected chi connectivity index (χ4v) is 1.35. The van der Waals surface area contributed by atoms with Gasteiger partial charge in [-0.25, -0.2) is 9.59 Å². The number of aromatic amines is 2. The van der Waals surface area contributed by atoms with Gasteiger partial charge < -0.3 is 0 Å². The summed E-state index contributed by atoms with van der Waals surface area (Å²) in [4.78, 5) is 37.9. The van der Waals surface area contributed by atoms with E-state index >= 15 is 0 Å². The van der Waals surface area contributed by atoms with Crippen molar-refractivity contribution in [3.8, 4) is 6.19 Å². The van der Waals surface area contributed by atoms with Crippen LogP contribution in [0.3, 0.4) is 0 Å². The quantitative estimate of drug-likeness (QED) is 0.570. The Hall–Kier alpha value is -2.27. The highest BCUT2D eigenvalue weighted by molar-refractivity contribution is 6.17. The van der Waals surface area contributed by atoms with Crippen LogP contribution in [-0.2, 0) is 0 Å². The molecule has 0 aliphatic carbocycles. The molecule has 0 unspecified atom stereocenters. The van der Waals surface area contributed by atoms with E-state index in [0.29, 0.717) is 4.09 Å². The van der Waals surface area contributed by atoms with Gasteiger partial charge in [0, 0.05) is 11.8 Å². The fourth-order valence-electron chi connectivity index (χ4n) is 1.15. The van der Waals surface area contributed by atoms with E-state index in [1.807, 2.05) is 0 Å². The molecule has 9 heteroatoms. The van der Waals surface area contributed by atoms with Gasteiger partial charge in [-0.3, -0.25) is 14.8 Å². The Labute approximate surface area is 85.1 Å². The van der Waals surface area contributed by atoms with Crippen molar-refractivity contribution in [2.45, 2.75) is 0 Å². The molecule has 0 amide bonds. The van der Waals surface area contributed by atoms with Gasteiger partial charge in [0.25, 0.3) is 5.56 Å². The van der Waals surface area contributed by atoms with Crippen molar-refractivity contribution in [3.05, 3.63) is 31.3 Å².